The third-order valence-electron chi connectivity index (χ3n) is 5.42. The molecule has 1 N–H and O–H groups in total. The first-order valence-electron chi connectivity index (χ1n) is 8.56. The van der Waals surface area contributed by atoms with Gasteiger partial charge >= 0.3 is 0 Å². The van der Waals surface area contributed by atoms with Crippen molar-refractivity contribution in [3.05, 3.63) is 29.6 Å². The molecule has 6 nitrogen and oxygen atoms in total. The molecule has 2 heterocycles. The molecule has 0 aromatic heterocycles. The number of hydrogen-bond donors (Lipinski definition) is 1. The van der Waals surface area contributed by atoms with Crippen LogP contribution in [-0.2, 0) is 4.79 Å². The van der Waals surface area contributed by atoms with Crippen molar-refractivity contribution in [3.63, 3.8) is 0 Å². The van der Waals surface area contributed by atoms with E-state index in [2.05, 4.69) is 10.2 Å². The lowest BCUT2D eigenvalue weighted by Gasteiger charge is -2.49. The highest BCUT2D eigenvalue weighted by atomic mass is 19.1. The highest BCUT2D eigenvalue weighted by Crippen LogP contribution is 2.31. The Balaban J connectivity index is 1.79. The Labute approximate surface area is 146 Å². The minimum Gasteiger partial charge on any atom is -0.494 e. The van der Waals surface area contributed by atoms with E-state index in [1.54, 1.807) is 11.0 Å². The van der Waals surface area contributed by atoms with Crippen molar-refractivity contribution in [1.82, 2.24) is 15.1 Å². The van der Waals surface area contributed by atoms with Gasteiger partial charge in [0, 0.05) is 43.7 Å². The summed E-state index contributed by atoms with van der Waals surface area (Å²) in [4.78, 5) is 28.6. The Kier molecular flexibility index (Phi) is 4.94. The number of hydrogen-bond acceptors (Lipinski definition) is 4. The summed E-state index contributed by atoms with van der Waals surface area (Å²) in [6.45, 7) is 2.48. The predicted molar refractivity (Wildman–Crippen MR) is 91.1 cm³/mol. The fourth-order valence-electron chi connectivity index (χ4n) is 3.75. The minimum atomic E-state index is -0.540. The molecule has 25 heavy (non-hydrogen) atoms. The van der Waals surface area contributed by atoms with Crippen LogP contribution in [0.5, 0.6) is 5.75 Å². The molecule has 0 unspecified atom stereocenters. The molecular weight excluding hydrogens is 325 g/mol. The van der Waals surface area contributed by atoms with Gasteiger partial charge < -0.3 is 15.0 Å². The molecule has 7 heteroatoms. The summed E-state index contributed by atoms with van der Waals surface area (Å²) >= 11 is 0. The van der Waals surface area contributed by atoms with Gasteiger partial charge in [-0.2, -0.15) is 0 Å². The van der Waals surface area contributed by atoms with Crippen LogP contribution < -0.4 is 10.1 Å². The van der Waals surface area contributed by atoms with Crippen LogP contribution in [0.2, 0.25) is 0 Å². The Bertz CT molecular complexity index is 682. The second kappa shape index (κ2) is 7.00. The molecule has 1 atom stereocenters. The largest absolute Gasteiger partial charge is 0.494 e. The van der Waals surface area contributed by atoms with Gasteiger partial charge in [-0.1, -0.05) is 0 Å². The first-order valence-corrected chi connectivity index (χ1v) is 8.56. The lowest BCUT2D eigenvalue weighted by molar-refractivity contribution is -0.121. The molecule has 3 rings (SSSR count). The van der Waals surface area contributed by atoms with Gasteiger partial charge in [-0.25, -0.2) is 4.39 Å². The van der Waals surface area contributed by atoms with E-state index in [-0.39, 0.29) is 23.1 Å². The smallest absolute Gasteiger partial charge is 0.254 e. The zero-order valence-corrected chi connectivity index (χ0v) is 14.7. The third-order valence-corrected chi connectivity index (χ3v) is 5.42. The highest BCUT2D eigenvalue weighted by molar-refractivity contribution is 5.94. The number of piperazine rings is 1. The van der Waals surface area contributed by atoms with Crippen molar-refractivity contribution >= 4 is 11.8 Å². The van der Waals surface area contributed by atoms with Crippen LogP contribution in [0.15, 0.2) is 18.2 Å². The Morgan fingerprint density at radius 1 is 1.32 bits per heavy atom. The van der Waals surface area contributed by atoms with Crippen molar-refractivity contribution in [1.29, 1.82) is 0 Å². The number of methoxy groups -OCH3 is 1. The lowest BCUT2D eigenvalue weighted by atomic mass is 9.86. The first-order chi connectivity index (χ1) is 11.9. The zero-order chi connectivity index (χ0) is 18.0. The molecule has 0 bridgehead atoms. The van der Waals surface area contributed by atoms with Gasteiger partial charge in [0.05, 0.1) is 7.11 Å². The third kappa shape index (κ3) is 3.46. The summed E-state index contributed by atoms with van der Waals surface area (Å²) in [5.41, 5.74) is 0.110. The molecule has 0 aliphatic carbocycles. The maximum absolute atomic E-state index is 13.9. The first kappa shape index (κ1) is 17.7. The number of nitrogens with one attached hydrogen (secondary N) is 1. The van der Waals surface area contributed by atoms with Crippen LogP contribution in [0.3, 0.4) is 0 Å². The number of benzene rings is 1. The molecule has 0 saturated carbocycles. The fourth-order valence-corrected chi connectivity index (χ4v) is 3.75. The fraction of sp³-hybridized carbons (Fsp3) is 0.556. The number of ether oxygens (including phenoxy) is 1. The lowest BCUT2D eigenvalue weighted by Crippen LogP contribution is -2.62. The Hall–Kier alpha value is -2.15. The van der Waals surface area contributed by atoms with E-state index in [1.807, 2.05) is 7.05 Å². The summed E-state index contributed by atoms with van der Waals surface area (Å²) in [6.07, 6.45) is 1.98. The maximum Gasteiger partial charge on any atom is 0.254 e. The van der Waals surface area contributed by atoms with Crippen molar-refractivity contribution in [2.75, 3.05) is 40.3 Å². The van der Waals surface area contributed by atoms with Crippen LogP contribution >= 0.6 is 0 Å². The van der Waals surface area contributed by atoms with E-state index in [4.69, 9.17) is 4.74 Å². The highest BCUT2D eigenvalue weighted by Gasteiger charge is 2.42. The molecule has 136 valence electrons. The summed E-state index contributed by atoms with van der Waals surface area (Å²) < 4.78 is 18.8. The zero-order valence-electron chi connectivity index (χ0n) is 14.7. The summed E-state index contributed by atoms with van der Waals surface area (Å²) in [5, 5.41) is 2.90. The van der Waals surface area contributed by atoms with E-state index >= 15 is 0 Å². The molecular formula is C18H24FN3O3. The maximum atomic E-state index is 13.9. The standard InChI is InChI=1S/C18H24FN3O3/c1-21-9-10-22(12-18(21)6-5-16(23)20-8-7-18)17(24)13-3-4-15(25-2)14(19)11-13/h3-4,11H,5-10,12H2,1-2H3,(H,20,23)/t18-/m0/s1. The number of nitrogens with zero attached hydrogens (tertiary/aromatic N) is 2. The molecule has 1 spiro atoms. The summed E-state index contributed by atoms with van der Waals surface area (Å²) in [7, 11) is 3.44. The average molecular weight is 349 g/mol. The van der Waals surface area contributed by atoms with Crippen LogP contribution in [0.25, 0.3) is 0 Å². The van der Waals surface area contributed by atoms with Crippen molar-refractivity contribution in [2.24, 2.45) is 0 Å². The topological polar surface area (TPSA) is 61.9 Å². The Morgan fingerprint density at radius 2 is 2.12 bits per heavy atom. The van der Waals surface area contributed by atoms with Gasteiger partial charge in [0.2, 0.25) is 5.91 Å². The molecule has 2 saturated heterocycles. The van der Waals surface area contributed by atoms with Gasteiger partial charge in [0.25, 0.3) is 5.91 Å². The summed E-state index contributed by atoms with van der Waals surface area (Å²) in [6, 6.07) is 4.29. The van der Waals surface area contributed by atoms with Crippen molar-refractivity contribution in [3.8, 4) is 5.75 Å². The van der Waals surface area contributed by atoms with E-state index in [0.29, 0.717) is 31.6 Å². The van der Waals surface area contributed by atoms with E-state index in [9.17, 15) is 14.0 Å². The van der Waals surface area contributed by atoms with Gasteiger partial charge in [-0.3, -0.25) is 14.5 Å². The number of rotatable bonds is 2. The van der Waals surface area contributed by atoms with Gasteiger partial charge in [-0.15, -0.1) is 0 Å². The van der Waals surface area contributed by atoms with E-state index < -0.39 is 5.82 Å². The monoisotopic (exact) mass is 349 g/mol. The molecule has 2 amide bonds. The van der Waals surface area contributed by atoms with Crippen molar-refractivity contribution in [2.45, 2.75) is 24.8 Å². The van der Waals surface area contributed by atoms with E-state index in [1.165, 1.54) is 19.2 Å². The van der Waals surface area contributed by atoms with Crippen LogP contribution in [0.4, 0.5) is 4.39 Å². The van der Waals surface area contributed by atoms with Gasteiger partial charge in [0.1, 0.15) is 0 Å². The second-order valence-corrected chi connectivity index (χ2v) is 6.82. The number of carbonyl (C=O) groups is 2. The normalized spacial score (nSPS) is 24.8. The van der Waals surface area contributed by atoms with Crippen LogP contribution in [0, 0.1) is 5.82 Å². The van der Waals surface area contributed by atoms with Gasteiger partial charge in [-0.05, 0) is 38.1 Å². The van der Waals surface area contributed by atoms with E-state index in [0.717, 1.165) is 19.4 Å². The summed E-state index contributed by atoms with van der Waals surface area (Å²) in [5.74, 6) is -0.537. The van der Waals surface area contributed by atoms with Crippen LogP contribution in [-0.4, -0.2) is 67.5 Å². The second-order valence-electron chi connectivity index (χ2n) is 6.82. The molecule has 2 aliphatic heterocycles. The van der Waals surface area contributed by atoms with Crippen LogP contribution in [0.1, 0.15) is 29.6 Å². The number of carbonyl (C=O) groups excluding carboxylic acids is 2. The average Bonchev–Trinajstić information content (AvgIpc) is 2.79. The quantitative estimate of drug-likeness (QED) is 0.873. The molecule has 2 fully saturated rings. The SMILES string of the molecule is COc1ccc(C(=O)N2CCN(C)[C@@]3(CCNC(=O)CC3)C2)cc1F. The molecule has 1 aromatic rings. The number of amides is 2. The number of halogens is 1. The predicted octanol–water partition coefficient (Wildman–Crippen LogP) is 1.26. The Morgan fingerprint density at radius 3 is 2.84 bits per heavy atom. The minimum absolute atomic E-state index is 0.0611. The number of likely N-dealkylation sites (N-methyl/N-ethyl adjacent to an activating group) is 1. The molecule has 0 radical (unpaired) electrons. The van der Waals surface area contributed by atoms with Gasteiger partial charge in [0.15, 0.2) is 11.6 Å². The molecule has 1 aromatic carbocycles. The van der Waals surface area contributed by atoms with Crippen molar-refractivity contribution < 1.29 is 18.7 Å². The molecule has 2 aliphatic rings.